The molecule has 1 fully saturated rings. The number of hydrogen-bond acceptors (Lipinski definition) is 1. The highest BCUT2D eigenvalue weighted by molar-refractivity contribution is 5.73. The summed E-state index contributed by atoms with van der Waals surface area (Å²) in [5.74, 6) is -0.361. The Balaban J connectivity index is 2.01. The van der Waals surface area contributed by atoms with Gasteiger partial charge in [-0.1, -0.05) is 18.2 Å². The van der Waals surface area contributed by atoms with Gasteiger partial charge in [0.05, 0.1) is 5.92 Å². The quantitative estimate of drug-likeness (QED) is 0.821. The predicted molar refractivity (Wildman–Crippen MR) is 58.9 cm³/mol. The minimum absolute atomic E-state index is 0.0911. The first-order chi connectivity index (χ1) is 7.08. The van der Waals surface area contributed by atoms with Crippen molar-refractivity contribution in [3.05, 3.63) is 34.9 Å². The van der Waals surface area contributed by atoms with E-state index in [-0.39, 0.29) is 5.92 Å². The van der Waals surface area contributed by atoms with E-state index >= 15 is 0 Å². The number of aryl methyl sites for hydroxylation is 2. The average Bonchev–Trinajstić information content (AvgIpc) is 2.91. The summed E-state index contributed by atoms with van der Waals surface area (Å²) in [6, 6.07) is 6.40. The summed E-state index contributed by atoms with van der Waals surface area (Å²) in [5, 5.41) is 8.80. The molecule has 1 aromatic carbocycles. The molecule has 80 valence electrons. The van der Waals surface area contributed by atoms with Crippen LogP contribution in [0.15, 0.2) is 18.2 Å². The molecule has 1 saturated carbocycles. The number of carboxylic acid groups (broad SMARTS) is 1. The fourth-order valence-corrected chi connectivity index (χ4v) is 2.01. The number of carboxylic acids is 1. The van der Waals surface area contributed by atoms with Crippen LogP contribution in [0.3, 0.4) is 0 Å². The van der Waals surface area contributed by atoms with Gasteiger partial charge in [0.15, 0.2) is 0 Å². The normalized spacial score (nSPS) is 23.9. The van der Waals surface area contributed by atoms with Gasteiger partial charge >= 0.3 is 5.97 Å². The van der Waals surface area contributed by atoms with E-state index in [1.807, 2.05) is 0 Å². The van der Waals surface area contributed by atoms with Gasteiger partial charge < -0.3 is 5.11 Å². The molecule has 1 aromatic rings. The van der Waals surface area contributed by atoms with Crippen molar-refractivity contribution in [2.45, 2.75) is 26.7 Å². The standard InChI is InChI=1S/C13H16O2/c1-8-3-4-10(5-9(8)2)6-11-7-12(11)13(14)15/h3-5,11-12H,6-7H2,1-2H3,(H,14,15)/t11-,12-/m1/s1. The smallest absolute Gasteiger partial charge is 0.306 e. The molecule has 2 rings (SSSR count). The SMILES string of the molecule is Cc1ccc(C[C@@H]2C[C@H]2C(=O)O)cc1C. The number of benzene rings is 1. The lowest BCUT2D eigenvalue weighted by Crippen LogP contribution is -2.01. The minimum atomic E-state index is -0.635. The largest absolute Gasteiger partial charge is 0.481 e. The molecule has 0 saturated heterocycles. The van der Waals surface area contributed by atoms with E-state index in [0.717, 1.165) is 12.8 Å². The van der Waals surface area contributed by atoms with Crippen molar-refractivity contribution in [3.63, 3.8) is 0 Å². The minimum Gasteiger partial charge on any atom is -0.481 e. The van der Waals surface area contributed by atoms with Crippen LogP contribution >= 0.6 is 0 Å². The van der Waals surface area contributed by atoms with Crippen LogP contribution in [0.2, 0.25) is 0 Å². The van der Waals surface area contributed by atoms with Gasteiger partial charge in [-0.05, 0) is 49.3 Å². The van der Waals surface area contributed by atoms with Gasteiger partial charge in [0.1, 0.15) is 0 Å². The van der Waals surface area contributed by atoms with Gasteiger partial charge in [-0.3, -0.25) is 4.79 Å². The Labute approximate surface area is 89.9 Å². The van der Waals surface area contributed by atoms with Crippen LogP contribution in [0.4, 0.5) is 0 Å². The van der Waals surface area contributed by atoms with E-state index in [2.05, 4.69) is 32.0 Å². The van der Waals surface area contributed by atoms with Crippen LogP contribution in [-0.2, 0) is 11.2 Å². The van der Waals surface area contributed by atoms with E-state index in [1.54, 1.807) is 0 Å². The molecule has 1 aliphatic carbocycles. The Morgan fingerprint density at radius 3 is 2.67 bits per heavy atom. The Morgan fingerprint density at radius 1 is 1.40 bits per heavy atom. The van der Waals surface area contributed by atoms with Crippen molar-refractivity contribution in [1.82, 2.24) is 0 Å². The number of rotatable bonds is 3. The third kappa shape index (κ3) is 2.20. The topological polar surface area (TPSA) is 37.3 Å². The Kier molecular flexibility index (Phi) is 2.51. The third-order valence-corrected chi connectivity index (χ3v) is 3.31. The van der Waals surface area contributed by atoms with Gasteiger partial charge in [0.2, 0.25) is 0 Å². The lowest BCUT2D eigenvalue weighted by molar-refractivity contribution is -0.138. The zero-order valence-corrected chi connectivity index (χ0v) is 9.16. The molecule has 0 aliphatic heterocycles. The first-order valence-electron chi connectivity index (χ1n) is 5.37. The summed E-state index contributed by atoms with van der Waals surface area (Å²) in [5.41, 5.74) is 3.86. The summed E-state index contributed by atoms with van der Waals surface area (Å²) >= 11 is 0. The second kappa shape index (κ2) is 3.69. The molecule has 0 heterocycles. The lowest BCUT2D eigenvalue weighted by Gasteiger charge is -2.04. The Morgan fingerprint density at radius 2 is 2.13 bits per heavy atom. The van der Waals surface area contributed by atoms with Crippen LogP contribution in [-0.4, -0.2) is 11.1 Å². The third-order valence-electron chi connectivity index (χ3n) is 3.31. The summed E-state index contributed by atoms with van der Waals surface area (Å²) in [4.78, 5) is 10.7. The maximum absolute atomic E-state index is 10.7. The van der Waals surface area contributed by atoms with Gasteiger partial charge in [0, 0.05) is 0 Å². The van der Waals surface area contributed by atoms with E-state index < -0.39 is 5.97 Å². The molecular formula is C13H16O2. The average molecular weight is 204 g/mol. The molecule has 2 atom stereocenters. The summed E-state index contributed by atoms with van der Waals surface area (Å²) in [6.45, 7) is 4.19. The van der Waals surface area contributed by atoms with Crippen LogP contribution in [0, 0.1) is 25.7 Å². The van der Waals surface area contributed by atoms with Crippen LogP contribution < -0.4 is 0 Å². The van der Waals surface area contributed by atoms with Gasteiger partial charge in [-0.2, -0.15) is 0 Å². The molecule has 0 bridgehead atoms. The van der Waals surface area contributed by atoms with Crippen LogP contribution in [0.25, 0.3) is 0 Å². The molecule has 2 heteroatoms. The number of carbonyl (C=O) groups is 1. The highest BCUT2D eigenvalue weighted by atomic mass is 16.4. The van der Waals surface area contributed by atoms with Crippen LogP contribution in [0.5, 0.6) is 0 Å². The molecular weight excluding hydrogens is 188 g/mol. The first kappa shape index (κ1) is 10.2. The fraction of sp³-hybridized carbons (Fsp3) is 0.462. The summed E-state index contributed by atoms with van der Waals surface area (Å²) in [6.07, 6.45) is 1.76. The van der Waals surface area contributed by atoms with Crippen molar-refractivity contribution in [3.8, 4) is 0 Å². The van der Waals surface area contributed by atoms with E-state index in [9.17, 15) is 4.79 Å². The van der Waals surface area contributed by atoms with Gasteiger partial charge in [-0.15, -0.1) is 0 Å². The second-order valence-electron chi connectivity index (χ2n) is 4.56. The predicted octanol–water partition coefficient (Wildman–Crippen LogP) is 2.57. The first-order valence-corrected chi connectivity index (χ1v) is 5.37. The highest BCUT2D eigenvalue weighted by Gasteiger charge is 2.42. The molecule has 15 heavy (non-hydrogen) atoms. The Hall–Kier alpha value is -1.31. The summed E-state index contributed by atoms with van der Waals surface area (Å²) < 4.78 is 0. The highest BCUT2D eigenvalue weighted by Crippen LogP contribution is 2.41. The lowest BCUT2D eigenvalue weighted by atomic mass is 10.0. The van der Waals surface area contributed by atoms with E-state index in [4.69, 9.17) is 5.11 Å². The number of hydrogen-bond donors (Lipinski definition) is 1. The van der Waals surface area contributed by atoms with Crippen molar-refractivity contribution in [2.75, 3.05) is 0 Å². The van der Waals surface area contributed by atoms with Crippen LogP contribution in [0.1, 0.15) is 23.1 Å². The molecule has 0 spiro atoms. The molecule has 0 amide bonds. The van der Waals surface area contributed by atoms with Gasteiger partial charge in [-0.25, -0.2) is 0 Å². The van der Waals surface area contributed by atoms with Crippen molar-refractivity contribution < 1.29 is 9.90 Å². The monoisotopic (exact) mass is 204 g/mol. The molecule has 1 aliphatic rings. The molecule has 0 unspecified atom stereocenters. The zero-order valence-electron chi connectivity index (χ0n) is 9.16. The zero-order chi connectivity index (χ0) is 11.0. The molecule has 0 aromatic heterocycles. The fourth-order valence-electron chi connectivity index (χ4n) is 2.01. The molecule has 1 N–H and O–H groups in total. The maximum Gasteiger partial charge on any atom is 0.306 e. The van der Waals surface area contributed by atoms with Crippen molar-refractivity contribution in [2.24, 2.45) is 11.8 Å². The molecule has 0 radical (unpaired) electrons. The van der Waals surface area contributed by atoms with Gasteiger partial charge in [0.25, 0.3) is 0 Å². The Bertz CT molecular complexity index is 396. The number of aliphatic carboxylic acids is 1. The summed E-state index contributed by atoms with van der Waals surface area (Å²) in [7, 11) is 0. The van der Waals surface area contributed by atoms with Crippen molar-refractivity contribution >= 4 is 5.97 Å². The second-order valence-corrected chi connectivity index (χ2v) is 4.56. The molecule has 2 nitrogen and oxygen atoms in total. The maximum atomic E-state index is 10.7. The van der Waals surface area contributed by atoms with E-state index in [1.165, 1.54) is 16.7 Å². The van der Waals surface area contributed by atoms with E-state index in [0.29, 0.717) is 5.92 Å². The van der Waals surface area contributed by atoms with Crippen molar-refractivity contribution in [1.29, 1.82) is 0 Å².